The first kappa shape index (κ1) is 13.2. The second-order valence-electron chi connectivity index (χ2n) is 4.93. The third kappa shape index (κ3) is 2.61. The van der Waals surface area contributed by atoms with Crippen LogP contribution in [0.1, 0.15) is 31.7 Å². The summed E-state index contributed by atoms with van der Waals surface area (Å²) >= 11 is 3.37. The quantitative estimate of drug-likeness (QED) is 0.852. The van der Waals surface area contributed by atoms with Gasteiger partial charge in [-0.15, -0.1) is 0 Å². The molecule has 1 N–H and O–H groups in total. The molecule has 2 amide bonds. The number of rotatable bonds is 2. The van der Waals surface area contributed by atoms with Crippen LogP contribution in [-0.4, -0.2) is 16.8 Å². The van der Waals surface area contributed by atoms with Crippen molar-refractivity contribution in [3.05, 3.63) is 28.5 Å². The van der Waals surface area contributed by atoms with E-state index in [1.54, 1.807) is 12.4 Å². The van der Waals surface area contributed by atoms with Crippen LogP contribution in [0.2, 0.25) is 0 Å². The third-order valence-corrected chi connectivity index (χ3v) is 3.71. The lowest BCUT2D eigenvalue weighted by Gasteiger charge is -2.32. The van der Waals surface area contributed by atoms with Crippen LogP contribution in [-0.2, 0) is 9.59 Å². The molecule has 4 nitrogen and oxygen atoms in total. The first-order chi connectivity index (χ1) is 8.49. The minimum atomic E-state index is -0.207. The Morgan fingerprint density at radius 2 is 2.11 bits per heavy atom. The fourth-order valence-corrected chi connectivity index (χ4v) is 2.89. The highest BCUT2D eigenvalue weighted by atomic mass is 79.9. The molecule has 1 aliphatic rings. The van der Waals surface area contributed by atoms with E-state index in [4.69, 9.17) is 0 Å². The molecule has 1 fully saturated rings. The zero-order valence-electron chi connectivity index (χ0n) is 10.3. The molecule has 0 aliphatic carbocycles. The summed E-state index contributed by atoms with van der Waals surface area (Å²) in [4.78, 5) is 27.6. The summed E-state index contributed by atoms with van der Waals surface area (Å²) in [5.74, 6) is -0.467. The van der Waals surface area contributed by atoms with Crippen molar-refractivity contribution in [3.8, 4) is 0 Å². The monoisotopic (exact) mass is 310 g/mol. The Bertz CT molecular complexity index is 488. The van der Waals surface area contributed by atoms with Crippen LogP contribution in [0.5, 0.6) is 0 Å². The fraction of sp³-hybridized carbons (Fsp3) is 0.462. The summed E-state index contributed by atoms with van der Waals surface area (Å²) < 4.78 is 0.862. The lowest BCUT2D eigenvalue weighted by Crippen LogP contribution is -2.46. The molecular weight excluding hydrogens is 296 g/mol. The van der Waals surface area contributed by atoms with E-state index in [1.807, 2.05) is 19.9 Å². The molecule has 1 saturated heterocycles. The molecule has 2 heterocycles. The van der Waals surface area contributed by atoms with E-state index < -0.39 is 0 Å². The highest BCUT2D eigenvalue weighted by Gasteiger charge is 2.38. The highest BCUT2D eigenvalue weighted by molar-refractivity contribution is 9.10. The average molecular weight is 311 g/mol. The molecular formula is C13H15BrN2O2. The van der Waals surface area contributed by atoms with Crippen molar-refractivity contribution < 1.29 is 9.59 Å². The SMILES string of the molecule is CC(C)C1C(=O)NC(=O)CC1c1cncc(Br)c1. The molecule has 0 bridgehead atoms. The molecule has 0 saturated carbocycles. The number of nitrogens with one attached hydrogen (secondary N) is 1. The predicted octanol–water partition coefficient (Wildman–Crippen LogP) is 2.25. The van der Waals surface area contributed by atoms with Gasteiger partial charge in [-0.05, 0) is 33.5 Å². The van der Waals surface area contributed by atoms with Gasteiger partial charge in [0.15, 0.2) is 0 Å². The number of pyridine rings is 1. The number of carbonyl (C=O) groups is 2. The molecule has 0 aromatic carbocycles. The molecule has 5 heteroatoms. The number of nitrogens with zero attached hydrogens (tertiary/aromatic N) is 1. The Morgan fingerprint density at radius 3 is 2.72 bits per heavy atom. The lowest BCUT2D eigenvalue weighted by molar-refractivity contribution is -0.138. The lowest BCUT2D eigenvalue weighted by atomic mass is 9.75. The van der Waals surface area contributed by atoms with Crippen LogP contribution in [0.4, 0.5) is 0 Å². The van der Waals surface area contributed by atoms with Gasteiger partial charge in [0.05, 0.1) is 0 Å². The summed E-state index contributed by atoms with van der Waals surface area (Å²) in [6, 6.07) is 1.93. The summed E-state index contributed by atoms with van der Waals surface area (Å²) in [6.07, 6.45) is 3.77. The average Bonchev–Trinajstić information content (AvgIpc) is 2.27. The Kier molecular flexibility index (Phi) is 3.80. The van der Waals surface area contributed by atoms with E-state index in [2.05, 4.69) is 26.2 Å². The second kappa shape index (κ2) is 5.18. The number of hydrogen-bond acceptors (Lipinski definition) is 3. The van der Waals surface area contributed by atoms with Crippen molar-refractivity contribution in [1.82, 2.24) is 10.3 Å². The summed E-state index contributed by atoms with van der Waals surface area (Å²) in [5, 5.41) is 2.42. The largest absolute Gasteiger partial charge is 0.296 e. The van der Waals surface area contributed by atoms with Crippen LogP contribution in [0.15, 0.2) is 22.9 Å². The van der Waals surface area contributed by atoms with Crippen LogP contribution in [0.25, 0.3) is 0 Å². The first-order valence-corrected chi connectivity index (χ1v) is 6.72. The number of aromatic nitrogens is 1. The molecule has 2 rings (SSSR count). The summed E-state index contributed by atoms with van der Waals surface area (Å²) in [7, 11) is 0. The molecule has 96 valence electrons. The Labute approximate surface area is 114 Å². The van der Waals surface area contributed by atoms with Gasteiger partial charge in [-0.25, -0.2) is 0 Å². The third-order valence-electron chi connectivity index (χ3n) is 3.28. The summed E-state index contributed by atoms with van der Waals surface area (Å²) in [5.41, 5.74) is 0.936. The Balaban J connectivity index is 2.38. The minimum absolute atomic E-state index is 0.0868. The predicted molar refractivity (Wildman–Crippen MR) is 70.8 cm³/mol. The zero-order chi connectivity index (χ0) is 13.3. The van der Waals surface area contributed by atoms with E-state index >= 15 is 0 Å². The van der Waals surface area contributed by atoms with Gasteiger partial charge in [0.25, 0.3) is 0 Å². The fourth-order valence-electron chi connectivity index (χ4n) is 2.50. The van der Waals surface area contributed by atoms with Crippen LogP contribution in [0, 0.1) is 11.8 Å². The number of imide groups is 1. The topological polar surface area (TPSA) is 59.1 Å². The van der Waals surface area contributed by atoms with E-state index in [0.717, 1.165) is 10.0 Å². The van der Waals surface area contributed by atoms with E-state index in [0.29, 0.717) is 6.42 Å². The number of piperidine rings is 1. The molecule has 1 aromatic rings. The van der Waals surface area contributed by atoms with Gasteiger partial charge in [-0.1, -0.05) is 13.8 Å². The van der Waals surface area contributed by atoms with Gasteiger partial charge in [-0.3, -0.25) is 19.9 Å². The van der Waals surface area contributed by atoms with Gasteiger partial charge in [0.2, 0.25) is 11.8 Å². The first-order valence-electron chi connectivity index (χ1n) is 5.93. The molecule has 1 aliphatic heterocycles. The smallest absolute Gasteiger partial charge is 0.230 e. The molecule has 2 atom stereocenters. The van der Waals surface area contributed by atoms with Crippen molar-refractivity contribution >= 4 is 27.7 Å². The van der Waals surface area contributed by atoms with E-state index in [-0.39, 0.29) is 29.6 Å². The van der Waals surface area contributed by atoms with Crippen molar-refractivity contribution in [2.75, 3.05) is 0 Å². The van der Waals surface area contributed by atoms with Gasteiger partial charge >= 0.3 is 0 Å². The molecule has 2 unspecified atom stereocenters. The van der Waals surface area contributed by atoms with Crippen LogP contribution < -0.4 is 5.32 Å². The number of carbonyl (C=O) groups excluding carboxylic acids is 2. The molecule has 0 spiro atoms. The van der Waals surface area contributed by atoms with Crippen LogP contribution in [0.3, 0.4) is 0 Å². The maximum atomic E-state index is 12.0. The standard InChI is InChI=1S/C13H15BrN2O2/c1-7(2)12-10(4-11(17)16-13(12)18)8-3-9(14)6-15-5-8/h3,5-7,10,12H,4H2,1-2H3,(H,16,17,18). The normalized spacial score (nSPS) is 24.2. The van der Waals surface area contributed by atoms with E-state index in [1.165, 1.54) is 0 Å². The van der Waals surface area contributed by atoms with Crippen molar-refractivity contribution in [2.45, 2.75) is 26.2 Å². The Morgan fingerprint density at radius 1 is 1.39 bits per heavy atom. The second-order valence-corrected chi connectivity index (χ2v) is 5.85. The number of amides is 2. The maximum absolute atomic E-state index is 12.0. The number of halogens is 1. The molecule has 0 radical (unpaired) electrons. The van der Waals surface area contributed by atoms with Gasteiger partial charge in [-0.2, -0.15) is 0 Å². The van der Waals surface area contributed by atoms with Crippen molar-refractivity contribution in [3.63, 3.8) is 0 Å². The number of hydrogen-bond donors (Lipinski definition) is 1. The zero-order valence-corrected chi connectivity index (χ0v) is 11.9. The maximum Gasteiger partial charge on any atom is 0.230 e. The van der Waals surface area contributed by atoms with Gasteiger partial charge in [0, 0.05) is 35.1 Å². The van der Waals surface area contributed by atoms with E-state index in [9.17, 15) is 9.59 Å². The minimum Gasteiger partial charge on any atom is -0.296 e. The van der Waals surface area contributed by atoms with Crippen LogP contribution >= 0.6 is 15.9 Å². The van der Waals surface area contributed by atoms with Crippen molar-refractivity contribution in [2.24, 2.45) is 11.8 Å². The van der Waals surface area contributed by atoms with Gasteiger partial charge < -0.3 is 0 Å². The Hall–Kier alpha value is -1.23. The molecule has 1 aromatic heterocycles. The summed E-state index contributed by atoms with van der Waals surface area (Å²) in [6.45, 7) is 4.00. The molecule has 18 heavy (non-hydrogen) atoms. The van der Waals surface area contributed by atoms with Crippen molar-refractivity contribution in [1.29, 1.82) is 0 Å². The highest BCUT2D eigenvalue weighted by Crippen LogP contribution is 2.36. The van der Waals surface area contributed by atoms with Gasteiger partial charge in [0.1, 0.15) is 0 Å².